The van der Waals surface area contributed by atoms with Gasteiger partial charge < -0.3 is 19.5 Å². The van der Waals surface area contributed by atoms with Crippen LogP contribution in [-0.2, 0) is 19.0 Å². The van der Waals surface area contributed by atoms with Gasteiger partial charge in [0.05, 0.1) is 19.8 Å². The van der Waals surface area contributed by atoms with Crippen molar-refractivity contribution in [3.8, 4) is 0 Å². The minimum Gasteiger partial charge on any atom is -0.464 e. The molecule has 5 heteroatoms. The maximum Gasteiger partial charge on any atom is 0.325 e. The lowest BCUT2D eigenvalue weighted by atomic mass is 10.0. The third kappa shape index (κ3) is 3.43. The molecule has 1 N–H and O–H groups in total. The van der Waals surface area contributed by atoms with E-state index in [4.69, 9.17) is 14.2 Å². The van der Waals surface area contributed by atoms with Crippen LogP contribution in [0.3, 0.4) is 0 Å². The molecule has 0 saturated carbocycles. The van der Waals surface area contributed by atoms with Gasteiger partial charge in [0.2, 0.25) is 0 Å². The number of nitrogens with one attached hydrogen (secondary N) is 1. The van der Waals surface area contributed by atoms with Crippen LogP contribution in [0, 0.1) is 5.92 Å². The summed E-state index contributed by atoms with van der Waals surface area (Å²) in [5.41, 5.74) is 0. The van der Waals surface area contributed by atoms with Gasteiger partial charge in [-0.25, -0.2) is 0 Å². The molecule has 5 nitrogen and oxygen atoms in total. The zero-order valence-electron chi connectivity index (χ0n) is 9.44. The molecule has 0 spiro atoms. The third-order valence-electron chi connectivity index (χ3n) is 3.01. The van der Waals surface area contributed by atoms with Crippen molar-refractivity contribution in [3.63, 3.8) is 0 Å². The van der Waals surface area contributed by atoms with Crippen LogP contribution in [0.4, 0.5) is 0 Å². The van der Waals surface area contributed by atoms with Gasteiger partial charge in [-0.3, -0.25) is 4.79 Å². The van der Waals surface area contributed by atoms with Crippen LogP contribution in [0.15, 0.2) is 0 Å². The predicted molar refractivity (Wildman–Crippen MR) is 57.1 cm³/mol. The van der Waals surface area contributed by atoms with Crippen molar-refractivity contribution in [1.29, 1.82) is 0 Å². The number of esters is 1. The molecule has 2 heterocycles. The molecule has 0 radical (unpaired) electrons. The van der Waals surface area contributed by atoms with E-state index < -0.39 is 0 Å². The summed E-state index contributed by atoms with van der Waals surface area (Å²) in [5, 5.41) is 3.08. The Labute approximate surface area is 95.4 Å². The minimum absolute atomic E-state index is 0.189. The van der Waals surface area contributed by atoms with Gasteiger partial charge in [-0.1, -0.05) is 0 Å². The molecule has 92 valence electrons. The van der Waals surface area contributed by atoms with E-state index in [1.807, 2.05) is 0 Å². The second-order valence-electron chi connectivity index (χ2n) is 4.27. The lowest BCUT2D eigenvalue weighted by molar-refractivity contribution is -0.151. The summed E-state index contributed by atoms with van der Waals surface area (Å²) < 4.78 is 15.7. The van der Waals surface area contributed by atoms with Crippen LogP contribution < -0.4 is 5.32 Å². The lowest BCUT2D eigenvalue weighted by Crippen LogP contribution is -2.47. The van der Waals surface area contributed by atoms with E-state index in [1.165, 1.54) is 0 Å². The van der Waals surface area contributed by atoms with Crippen LogP contribution in [-0.4, -0.2) is 51.6 Å². The van der Waals surface area contributed by atoms with Gasteiger partial charge in [-0.2, -0.15) is 0 Å². The molecule has 0 aliphatic carbocycles. The smallest absolute Gasteiger partial charge is 0.325 e. The van der Waals surface area contributed by atoms with Crippen molar-refractivity contribution in [3.05, 3.63) is 0 Å². The standard InChI is InChI=1S/C11H19NO4/c13-11(10-8-15-6-3-12-10)16-7-9-1-4-14-5-2-9/h9-10,12H,1-8H2. The Morgan fingerprint density at radius 2 is 2.06 bits per heavy atom. The highest BCUT2D eigenvalue weighted by Gasteiger charge is 2.24. The zero-order valence-corrected chi connectivity index (χ0v) is 9.44. The van der Waals surface area contributed by atoms with E-state index in [0.29, 0.717) is 25.7 Å². The van der Waals surface area contributed by atoms with Crippen LogP contribution in [0.25, 0.3) is 0 Å². The molecule has 2 rings (SSSR count). The highest BCUT2D eigenvalue weighted by atomic mass is 16.5. The van der Waals surface area contributed by atoms with Crippen LogP contribution in [0.5, 0.6) is 0 Å². The van der Waals surface area contributed by atoms with Crippen LogP contribution >= 0.6 is 0 Å². The summed E-state index contributed by atoms with van der Waals surface area (Å²) in [7, 11) is 0. The number of carbonyl (C=O) groups excluding carboxylic acids is 1. The third-order valence-corrected chi connectivity index (χ3v) is 3.01. The molecule has 0 aromatic carbocycles. The topological polar surface area (TPSA) is 56.8 Å². The Morgan fingerprint density at radius 1 is 1.25 bits per heavy atom. The maximum atomic E-state index is 11.6. The second-order valence-corrected chi connectivity index (χ2v) is 4.27. The highest BCUT2D eigenvalue weighted by Crippen LogP contribution is 2.15. The van der Waals surface area contributed by atoms with Gasteiger partial charge in [0.25, 0.3) is 0 Å². The Morgan fingerprint density at radius 3 is 2.75 bits per heavy atom. The van der Waals surface area contributed by atoms with Crippen molar-refractivity contribution in [2.45, 2.75) is 18.9 Å². The first-order valence-electron chi connectivity index (χ1n) is 5.92. The van der Waals surface area contributed by atoms with E-state index in [9.17, 15) is 4.79 Å². The molecule has 0 aromatic heterocycles. The van der Waals surface area contributed by atoms with Gasteiger partial charge in [0, 0.05) is 19.8 Å². The first-order chi connectivity index (χ1) is 7.86. The molecule has 2 aliphatic heterocycles. The monoisotopic (exact) mass is 229 g/mol. The highest BCUT2D eigenvalue weighted by molar-refractivity contribution is 5.76. The van der Waals surface area contributed by atoms with E-state index >= 15 is 0 Å². The van der Waals surface area contributed by atoms with Crippen molar-refractivity contribution in [2.24, 2.45) is 5.92 Å². The van der Waals surface area contributed by atoms with Gasteiger partial charge in [0.15, 0.2) is 0 Å². The molecular weight excluding hydrogens is 210 g/mol. The Hall–Kier alpha value is -0.650. The minimum atomic E-state index is -0.284. The van der Waals surface area contributed by atoms with Crippen molar-refractivity contribution in [2.75, 3.05) is 39.6 Å². The number of rotatable bonds is 3. The number of morpholine rings is 1. The van der Waals surface area contributed by atoms with Gasteiger partial charge >= 0.3 is 5.97 Å². The molecule has 2 fully saturated rings. The second kappa shape index (κ2) is 6.18. The maximum absolute atomic E-state index is 11.6. The fourth-order valence-electron chi connectivity index (χ4n) is 1.93. The Bertz CT molecular complexity index is 222. The predicted octanol–water partition coefficient (Wildman–Crippen LogP) is -0.0554. The molecule has 0 bridgehead atoms. The first kappa shape index (κ1) is 11.8. The van der Waals surface area contributed by atoms with Crippen molar-refractivity contribution in [1.82, 2.24) is 5.32 Å². The summed E-state index contributed by atoms with van der Waals surface area (Å²) in [6, 6.07) is -0.284. The van der Waals surface area contributed by atoms with Gasteiger partial charge in [-0.15, -0.1) is 0 Å². The number of ether oxygens (including phenoxy) is 3. The number of hydrogen-bond donors (Lipinski definition) is 1. The average molecular weight is 229 g/mol. The summed E-state index contributed by atoms with van der Waals surface area (Å²) in [4.78, 5) is 11.6. The van der Waals surface area contributed by atoms with E-state index in [2.05, 4.69) is 5.32 Å². The van der Waals surface area contributed by atoms with Crippen LogP contribution in [0.2, 0.25) is 0 Å². The fourth-order valence-corrected chi connectivity index (χ4v) is 1.93. The molecular formula is C11H19NO4. The van der Waals surface area contributed by atoms with Crippen molar-refractivity contribution < 1.29 is 19.0 Å². The molecule has 0 amide bonds. The summed E-state index contributed by atoms with van der Waals surface area (Å²) in [6.45, 7) is 3.90. The largest absolute Gasteiger partial charge is 0.464 e. The first-order valence-corrected chi connectivity index (χ1v) is 5.92. The Balaban J connectivity index is 1.65. The molecule has 1 unspecified atom stereocenters. The molecule has 16 heavy (non-hydrogen) atoms. The SMILES string of the molecule is O=C(OCC1CCOCC1)C1COCCN1. The van der Waals surface area contributed by atoms with Gasteiger partial charge in [-0.05, 0) is 18.8 Å². The van der Waals surface area contributed by atoms with Crippen LogP contribution in [0.1, 0.15) is 12.8 Å². The number of carbonyl (C=O) groups is 1. The fraction of sp³-hybridized carbons (Fsp3) is 0.909. The lowest BCUT2D eigenvalue weighted by Gasteiger charge is -2.25. The van der Waals surface area contributed by atoms with E-state index in [-0.39, 0.29) is 12.0 Å². The normalized spacial score (nSPS) is 27.6. The summed E-state index contributed by atoms with van der Waals surface area (Å²) >= 11 is 0. The summed E-state index contributed by atoms with van der Waals surface area (Å²) in [5.74, 6) is 0.272. The van der Waals surface area contributed by atoms with E-state index in [0.717, 1.165) is 32.6 Å². The van der Waals surface area contributed by atoms with Gasteiger partial charge in [0.1, 0.15) is 6.04 Å². The molecule has 2 aliphatic rings. The number of hydrogen-bond acceptors (Lipinski definition) is 5. The summed E-state index contributed by atoms with van der Waals surface area (Å²) in [6.07, 6.45) is 1.98. The average Bonchev–Trinajstić information content (AvgIpc) is 2.38. The molecule has 0 aromatic rings. The zero-order chi connectivity index (χ0) is 11.2. The molecule has 2 saturated heterocycles. The van der Waals surface area contributed by atoms with E-state index in [1.54, 1.807) is 0 Å². The Kier molecular flexibility index (Phi) is 4.56. The quantitative estimate of drug-likeness (QED) is 0.687. The molecule has 1 atom stereocenters. The van der Waals surface area contributed by atoms with Crippen molar-refractivity contribution >= 4 is 5.97 Å².